The lowest BCUT2D eigenvalue weighted by Crippen LogP contribution is -2.48. The third-order valence-corrected chi connectivity index (χ3v) is 8.44. The van der Waals surface area contributed by atoms with Crippen LogP contribution in [0.3, 0.4) is 0 Å². The number of fused-ring (bicyclic) bond motifs is 3. The summed E-state index contributed by atoms with van der Waals surface area (Å²) in [6.45, 7) is 4.45. The van der Waals surface area contributed by atoms with Crippen LogP contribution < -0.4 is 5.56 Å². The molecule has 0 N–H and O–H groups in total. The highest BCUT2D eigenvalue weighted by molar-refractivity contribution is 7.10. The number of piperidine rings is 1. The van der Waals surface area contributed by atoms with E-state index in [2.05, 4.69) is 16.3 Å². The number of hydrogen-bond acceptors (Lipinski definition) is 6. The van der Waals surface area contributed by atoms with Gasteiger partial charge < -0.3 is 14.2 Å². The van der Waals surface area contributed by atoms with Gasteiger partial charge in [0.25, 0.3) is 11.5 Å². The number of thiophene rings is 1. The Morgan fingerprint density at radius 1 is 1.20 bits per heavy atom. The minimum absolute atomic E-state index is 0.0372. The molecule has 0 aliphatic carbocycles. The average Bonchev–Trinajstić information content (AvgIpc) is 3.51. The summed E-state index contributed by atoms with van der Waals surface area (Å²) in [4.78, 5) is 37.6. The van der Waals surface area contributed by atoms with Gasteiger partial charge in [-0.25, -0.2) is 4.98 Å². The van der Waals surface area contributed by atoms with Crippen molar-refractivity contribution in [1.82, 2.24) is 23.8 Å². The second-order valence-electron chi connectivity index (χ2n) is 9.37. The van der Waals surface area contributed by atoms with Gasteiger partial charge in [0.05, 0.1) is 12.0 Å². The van der Waals surface area contributed by atoms with Gasteiger partial charge in [0.2, 0.25) is 0 Å². The Kier molecular flexibility index (Phi) is 5.91. The van der Waals surface area contributed by atoms with Crippen LogP contribution in [-0.2, 0) is 24.2 Å². The van der Waals surface area contributed by atoms with Gasteiger partial charge in [-0.05, 0) is 54.5 Å². The van der Waals surface area contributed by atoms with Crippen LogP contribution in [0.4, 0.5) is 0 Å². The van der Waals surface area contributed by atoms with Gasteiger partial charge >= 0.3 is 0 Å². The Morgan fingerprint density at radius 2 is 2.06 bits per heavy atom. The maximum Gasteiger partial charge on any atom is 0.270 e. The standard InChI is InChI=1S/C26H29N5O3S/c1-34-14-13-30-21(16-20-24(30)27-23-4-2-3-9-31(23)25(20)32)26(33)28-10-5-19(6-11-28)29-12-7-22-18(17-29)8-15-35-22/h2-4,8-9,15-16,19H,5-7,10-14,17H2,1H3. The predicted octanol–water partition coefficient (Wildman–Crippen LogP) is 3.02. The molecule has 0 spiro atoms. The molecule has 0 atom stereocenters. The lowest BCUT2D eigenvalue weighted by Gasteiger charge is -2.40. The van der Waals surface area contributed by atoms with Crippen LogP contribution in [-0.4, -0.2) is 69.1 Å². The first-order valence-corrected chi connectivity index (χ1v) is 13.1. The van der Waals surface area contributed by atoms with E-state index >= 15 is 0 Å². The summed E-state index contributed by atoms with van der Waals surface area (Å²) in [5.41, 5.74) is 2.92. The number of likely N-dealkylation sites (tertiary alicyclic amines) is 1. The number of aromatic nitrogens is 3. The molecule has 6 rings (SSSR count). The summed E-state index contributed by atoms with van der Waals surface area (Å²) in [5, 5.41) is 2.66. The largest absolute Gasteiger partial charge is 0.383 e. The van der Waals surface area contributed by atoms with Gasteiger partial charge in [-0.1, -0.05) is 6.07 Å². The molecule has 6 heterocycles. The first-order valence-electron chi connectivity index (χ1n) is 12.2. The van der Waals surface area contributed by atoms with E-state index in [1.807, 2.05) is 32.9 Å². The van der Waals surface area contributed by atoms with Crippen molar-refractivity contribution >= 4 is 33.9 Å². The summed E-state index contributed by atoms with van der Waals surface area (Å²) in [5.74, 6) is -0.0372. The van der Waals surface area contributed by atoms with Crippen molar-refractivity contribution < 1.29 is 9.53 Å². The zero-order valence-electron chi connectivity index (χ0n) is 19.9. The Labute approximate surface area is 207 Å². The summed E-state index contributed by atoms with van der Waals surface area (Å²) < 4.78 is 8.68. The van der Waals surface area contributed by atoms with E-state index in [4.69, 9.17) is 9.72 Å². The van der Waals surface area contributed by atoms with Gasteiger partial charge in [-0.15, -0.1) is 11.3 Å². The van der Waals surface area contributed by atoms with E-state index in [9.17, 15) is 9.59 Å². The molecule has 1 amide bonds. The van der Waals surface area contributed by atoms with Crippen molar-refractivity contribution in [2.24, 2.45) is 0 Å². The number of pyridine rings is 1. The number of carbonyl (C=O) groups excluding carboxylic acids is 1. The number of amides is 1. The summed E-state index contributed by atoms with van der Waals surface area (Å²) in [7, 11) is 1.63. The quantitative estimate of drug-likeness (QED) is 0.429. The molecule has 35 heavy (non-hydrogen) atoms. The van der Waals surface area contributed by atoms with E-state index in [-0.39, 0.29) is 11.5 Å². The molecule has 8 nitrogen and oxygen atoms in total. The molecule has 4 aromatic heterocycles. The second kappa shape index (κ2) is 9.22. The van der Waals surface area contributed by atoms with Crippen LogP contribution in [0.5, 0.6) is 0 Å². The van der Waals surface area contributed by atoms with Crippen molar-refractivity contribution in [2.45, 2.75) is 38.4 Å². The molecule has 0 aromatic carbocycles. The van der Waals surface area contributed by atoms with Gasteiger partial charge in [0.15, 0.2) is 0 Å². The molecule has 182 valence electrons. The van der Waals surface area contributed by atoms with Gasteiger partial charge in [-0.3, -0.25) is 18.9 Å². The molecule has 1 fully saturated rings. The molecule has 0 radical (unpaired) electrons. The summed E-state index contributed by atoms with van der Waals surface area (Å²) >= 11 is 1.87. The Hall–Kier alpha value is -3.01. The van der Waals surface area contributed by atoms with E-state index in [0.29, 0.717) is 41.6 Å². The maximum absolute atomic E-state index is 13.7. The third-order valence-electron chi connectivity index (χ3n) is 7.42. The molecular weight excluding hydrogens is 462 g/mol. The van der Waals surface area contributed by atoms with Crippen molar-refractivity contribution in [3.05, 3.63) is 68.4 Å². The first-order chi connectivity index (χ1) is 17.1. The van der Waals surface area contributed by atoms with Crippen LogP contribution in [0.1, 0.15) is 33.8 Å². The summed E-state index contributed by atoms with van der Waals surface area (Å²) in [6, 6.07) is 9.94. The maximum atomic E-state index is 13.7. The minimum Gasteiger partial charge on any atom is -0.383 e. The van der Waals surface area contributed by atoms with Crippen LogP contribution in [0.25, 0.3) is 16.7 Å². The zero-order valence-corrected chi connectivity index (χ0v) is 20.7. The summed E-state index contributed by atoms with van der Waals surface area (Å²) in [6.07, 6.45) is 4.77. The van der Waals surface area contributed by atoms with Crippen molar-refractivity contribution in [3.8, 4) is 0 Å². The van der Waals surface area contributed by atoms with Crippen LogP contribution in [0, 0.1) is 0 Å². The minimum atomic E-state index is -0.160. The fraction of sp³-hybridized carbons (Fsp3) is 0.423. The highest BCUT2D eigenvalue weighted by Gasteiger charge is 2.31. The fourth-order valence-corrected chi connectivity index (χ4v) is 6.41. The number of nitrogens with zero attached hydrogens (tertiary/aromatic N) is 5. The number of hydrogen-bond donors (Lipinski definition) is 0. The molecule has 9 heteroatoms. The Balaban J connectivity index is 1.25. The number of rotatable bonds is 5. The number of ether oxygens (including phenoxy) is 1. The van der Waals surface area contributed by atoms with Crippen molar-refractivity contribution in [1.29, 1.82) is 0 Å². The fourth-order valence-electron chi connectivity index (χ4n) is 5.52. The second-order valence-corrected chi connectivity index (χ2v) is 10.4. The van der Waals surface area contributed by atoms with Gasteiger partial charge in [0.1, 0.15) is 17.0 Å². The lowest BCUT2D eigenvalue weighted by molar-refractivity contribution is 0.0589. The molecule has 4 aromatic rings. The van der Waals surface area contributed by atoms with E-state index < -0.39 is 0 Å². The molecular formula is C26H29N5O3S. The SMILES string of the molecule is COCCn1c(C(=O)N2CCC(N3CCc4sccc4C3)CC2)cc2c(=O)n3ccccc3nc21. The average molecular weight is 492 g/mol. The van der Waals surface area contributed by atoms with E-state index in [1.165, 1.54) is 14.8 Å². The molecule has 2 aliphatic rings. The monoisotopic (exact) mass is 491 g/mol. The first kappa shape index (κ1) is 22.5. The molecule has 0 bridgehead atoms. The Morgan fingerprint density at radius 3 is 2.89 bits per heavy atom. The van der Waals surface area contributed by atoms with Gasteiger partial charge in [-0.2, -0.15) is 0 Å². The van der Waals surface area contributed by atoms with Gasteiger partial charge in [0, 0.05) is 56.9 Å². The number of methoxy groups -OCH3 is 1. The highest BCUT2D eigenvalue weighted by Crippen LogP contribution is 2.28. The zero-order chi connectivity index (χ0) is 23.9. The van der Waals surface area contributed by atoms with E-state index in [0.717, 1.165) is 45.4 Å². The number of carbonyl (C=O) groups is 1. The third kappa shape index (κ3) is 3.97. The van der Waals surface area contributed by atoms with Crippen LogP contribution >= 0.6 is 11.3 Å². The van der Waals surface area contributed by atoms with E-state index in [1.54, 1.807) is 25.4 Å². The normalized spacial score (nSPS) is 17.3. The molecule has 0 unspecified atom stereocenters. The molecule has 1 saturated heterocycles. The van der Waals surface area contributed by atoms with Crippen molar-refractivity contribution in [3.63, 3.8) is 0 Å². The smallest absolute Gasteiger partial charge is 0.270 e. The topological polar surface area (TPSA) is 72.1 Å². The Bertz CT molecular complexity index is 1450. The molecule has 0 saturated carbocycles. The van der Waals surface area contributed by atoms with Crippen molar-refractivity contribution in [2.75, 3.05) is 33.4 Å². The molecule has 2 aliphatic heterocycles. The predicted molar refractivity (Wildman–Crippen MR) is 136 cm³/mol. The van der Waals surface area contributed by atoms with Crippen LogP contribution in [0.15, 0.2) is 46.7 Å². The lowest BCUT2D eigenvalue weighted by atomic mass is 9.99. The highest BCUT2D eigenvalue weighted by atomic mass is 32.1. The van der Waals surface area contributed by atoms with Crippen LogP contribution in [0.2, 0.25) is 0 Å².